The summed E-state index contributed by atoms with van der Waals surface area (Å²) in [6.07, 6.45) is 0.834. The molecule has 3 rings (SSSR count). The van der Waals surface area contributed by atoms with Crippen molar-refractivity contribution in [3.8, 4) is 17.6 Å². The fraction of sp³-hybridized carbons (Fsp3) is 0. The second-order valence-corrected chi connectivity index (χ2v) is 7.57. The lowest BCUT2D eigenvalue weighted by atomic mass is 10.2. The van der Waals surface area contributed by atoms with Crippen molar-refractivity contribution in [2.24, 2.45) is 0 Å². The van der Waals surface area contributed by atoms with Gasteiger partial charge < -0.3 is 4.74 Å². The molecule has 0 fully saturated rings. The van der Waals surface area contributed by atoms with Crippen LogP contribution in [-0.2, 0) is 10.0 Å². The van der Waals surface area contributed by atoms with Gasteiger partial charge in [0.25, 0.3) is 10.0 Å². The molecular formula is C18H9ClF3N3O3S. The number of rotatable bonds is 5. The van der Waals surface area contributed by atoms with Gasteiger partial charge in [-0.2, -0.15) is 5.26 Å². The number of benzene rings is 2. The molecule has 29 heavy (non-hydrogen) atoms. The molecule has 2 aromatic carbocycles. The maximum atomic E-state index is 13.6. The number of aromatic nitrogens is 1. The van der Waals surface area contributed by atoms with Crippen molar-refractivity contribution in [1.82, 2.24) is 4.98 Å². The number of ether oxygens (including phenoxy) is 1. The standard InChI is InChI=1S/C18H9ClF3N3O3S/c19-17-15(5-3-13(21)18(17)22)28-14-4-2-12(7-10(14)8-23)29(26,27)25-16-6-1-11(20)9-24-16/h1-7,9H,(H,24,25). The van der Waals surface area contributed by atoms with Crippen LogP contribution in [0.4, 0.5) is 19.0 Å². The van der Waals surface area contributed by atoms with Gasteiger partial charge in [0.1, 0.15) is 34.2 Å². The first kappa shape index (κ1) is 20.4. The number of nitriles is 1. The second kappa shape index (κ2) is 7.98. The van der Waals surface area contributed by atoms with Crippen molar-refractivity contribution in [3.05, 3.63) is 76.7 Å². The molecule has 0 aliphatic rings. The Balaban J connectivity index is 1.92. The average molecular weight is 440 g/mol. The van der Waals surface area contributed by atoms with E-state index in [9.17, 15) is 26.9 Å². The summed E-state index contributed by atoms with van der Waals surface area (Å²) in [5, 5.41) is 8.68. The quantitative estimate of drug-likeness (QED) is 0.586. The predicted molar refractivity (Wildman–Crippen MR) is 97.6 cm³/mol. The molecule has 148 valence electrons. The minimum Gasteiger partial charge on any atom is -0.454 e. The fourth-order valence-corrected chi connectivity index (χ4v) is 3.42. The van der Waals surface area contributed by atoms with E-state index in [1.807, 2.05) is 0 Å². The molecule has 0 aliphatic carbocycles. The SMILES string of the molecule is N#Cc1cc(S(=O)(=O)Nc2ccc(F)cn2)ccc1Oc1ccc(F)c(F)c1Cl. The third kappa shape index (κ3) is 4.42. The van der Waals surface area contributed by atoms with E-state index in [1.54, 1.807) is 6.07 Å². The van der Waals surface area contributed by atoms with Gasteiger partial charge >= 0.3 is 0 Å². The Morgan fingerprint density at radius 3 is 2.45 bits per heavy atom. The highest BCUT2D eigenvalue weighted by Crippen LogP contribution is 2.34. The minimum atomic E-state index is -4.15. The fourth-order valence-electron chi connectivity index (χ4n) is 2.19. The molecule has 0 unspecified atom stereocenters. The van der Waals surface area contributed by atoms with Crippen LogP contribution in [0.3, 0.4) is 0 Å². The second-order valence-electron chi connectivity index (χ2n) is 5.51. The smallest absolute Gasteiger partial charge is 0.263 e. The van der Waals surface area contributed by atoms with Gasteiger partial charge in [-0.25, -0.2) is 26.6 Å². The molecule has 0 saturated heterocycles. The highest BCUT2D eigenvalue weighted by atomic mass is 35.5. The normalized spacial score (nSPS) is 11.0. The van der Waals surface area contributed by atoms with Gasteiger partial charge in [-0.05, 0) is 42.5 Å². The molecule has 11 heteroatoms. The van der Waals surface area contributed by atoms with Crippen LogP contribution in [0.25, 0.3) is 0 Å². The van der Waals surface area contributed by atoms with Gasteiger partial charge in [-0.3, -0.25) is 4.72 Å². The molecule has 0 spiro atoms. The number of hydrogen-bond acceptors (Lipinski definition) is 5. The minimum absolute atomic E-state index is 0.126. The van der Waals surface area contributed by atoms with Crippen LogP contribution in [0.1, 0.15) is 5.56 Å². The van der Waals surface area contributed by atoms with E-state index in [-0.39, 0.29) is 27.8 Å². The Hall–Kier alpha value is -3.29. The molecule has 1 aromatic heterocycles. The third-order valence-corrected chi connectivity index (χ3v) is 5.27. The third-order valence-electron chi connectivity index (χ3n) is 3.57. The summed E-state index contributed by atoms with van der Waals surface area (Å²) in [7, 11) is -4.15. The number of sulfonamides is 1. The number of hydrogen-bond donors (Lipinski definition) is 1. The van der Waals surface area contributed by atoms with Crippen molar-refractivity contribution >= 4 is 27.4 Å². The molecule has 0 radical (unpaired) electrons. The molecule has 1 N–H and O–H groups in total. The van der Waals surface area contributed by atoms with Crippen LogP contribution >= 0.6 is 11.6 Å². The van der Waals surface area contributed by atoms with Crippen LogP contribution in [0.2, 0.25) is 5.02 Å². The number of nitrogens with one attached hydrogen (secondary N) is 1. The van der Waals surface area contributed by atoms with Crippen LogP contribution in [0, 0.1) is 28.8 Å². The summed E-state index contributed by atoms with van der Waals surface area (Å²) < 4.78 is 72.0. The average Bonchev–Trinajstić information content (AvgIpc) is 2.70. The highest BCUT2D eigenvalue weighted by Gasteiger charge is 2.19. The zero-order valence-electron chi connectivity index (χ0n) is 14.2. The van der Waals surface area contributed by atoms with Crippen molar-refractivity contribution in [3.63, 3.8) is 0 Å². The zero-order chi connectivity index (χ0) is 21.2. The van der Waals surface area contributed by atoms with Gasteiger partial charge in [-0.15, -0.1) is 0 Å². The maximum Gasteiger partial charge on any atom is 0.263 e. The van der Waals surface area contributed by atoms with Crippen LogP contribution < -0.4 is 9.46 Å². The van der Waals surface area contributed by atoms with E-state index in [1.165, 1.54) is 0 Å². The lowest BCUT2D eigenvalue weighted by Crippen LogP contribution is -2.14. The van der Waals surface area contributed by atoms with E-state index < -0.39 is 32.5 Å². The van der Waals surface area contributed by atoms with Gasteiger partial charge in [0.15, 0.2) is 11.6 Å². The van der Waals surface area contributed by atoms with Gasteiger partial charge in [-0.1, -0.05) is 11.6 Å². The van der Waals surface area contributed by atoms with Crippen molar-refractivity contribution < 1.29 is 26.3 Å². The summed E-state index contributed by atoms with van der Waals surface area (Å²) in [5.41, 5.74) is -0.208. The lowest BCUT2D eigenvalue weighted by molar-refractivity contribution is 0.460. The summed E-state index contributed by atoms with van der Waals surface area (Å²) in [5.74, 6) is -3.65. The summed E-state index contributed by atoms with van der Waals surface area (Å²) in [6.45, 7) is 0. The van der Waals surface area contributed by atoms with E-state index in [0.717, 1.165) is 48.7 Å². The van der Waals surface area contributed by atoms with E-state index in [0.29, 0.717) is 0 Å². The predicted octanol–water partition coefficient (Wildman–Crippen LogP) is 4.62. The van der Waals surface area contributed by atoms with Gasteiger partial charge in [0, 0.05) is 0 Å². The Labute approximate surface area is 168 Å². The first-order valence-corrected chi connectivity index (χ1v) is 9.57. The summed E-state index contributed by atoms with van der Waals surface area (Å²) in [6, 6.07) is 9.04. The van der Waals surface area contributed by atoms with Crippen LogP contribution in [0.15, 0.2) is 53.6 Å². The van der Waals surface area contributed by atoms with Crippen molar-refractivity contribution in [2.75, 3.05) is 4.72 Å². The Morgan fingerprint density at radius 1 is 1.07 bits per heavy atom. The number of pyridine rings is 1. The molecule has 0 amide bonds. The molecule has 6 nitrogen and oxygen atoms in total. The Morgan fingerprint density at radius 2 is 1.79 bits per heavy atom. The molecular weight excluding hydrogens is 431 g/mol. The largest absolute Gasteiger partial charge is 0.454 e. The number of halogens is 4. The number of anilines is 1. The highest BCUT2D eigenvalue weighted by molar-refractivity contribution is 7.92. The van der Waals surface area contributed by atoms with E-state index in [4.69, 9.17) is 16.3 Å². The summed E-state index contributed by atoms with van der Waals surface area (Å²) >= 11 is 5.69. The van der Waals surface area contributed by atoms with E-state index >= 15 is 0 Å². The Kier molecular flexibility index (Phi) is 5.63. The molecule has 1 heterocycles. The lowest BCUT2D eigenvalue weighted by Gasteiger charge is -2.12. The topological polar surface area (TPSA) is 92.1 Å². The van der Waals surface area contributed by atoms with Crippen molar-refractivity contribution in [1.29, 1.82) is 5.26 Å². The van der Waals surface area contributed by atoms with Crippen molar-refractivity contribution in [2.45, 2.75) is 4.90 Å². The molecule has 3 aromatic rings. The first-order chi connectivity index (χ1) is 13.7. The monoisotopic (exact) mass is 439 g/mol. The van der Waals surface area contributed by atoms with Gasteiger partial charge in [0.05, 0.1) is 16.7 Å². The zero-order valence-corrected chi connectivity index (χ0v) is 15.7. The van der Waals surface area contributed by atoms with E-state index in [2.05, 4.69) is 9.71 Å². The molecule has 0 saturated carbocycles. The van der Waals surface area contributed by atoms with Gasteiger partial charge in [0.2, 0.25) is 0 Å². The van der Waals surface area contributed by atoms with Crippen LogP contribution in [0.5, 0.6) is 11.5 Å². The maximum absolute atomic E-state index is 13.6. The Bertz CT molecular complexity index is 1230. The van der Waals surface area contributed by atoms with Crippen LogP contribution in [-0.4, -0.2) is 13.4 Å². The first-order valence-electron chi connectivity index (χ1n) is 7.71. The molecule has 0 atom stereocenters. The summed E-state index contributed by atoms with van der Waals surface area (Å²) in [4.78, 5) is 3.29. The number of nitrogens with zero attached hydrogens (tertiary/aromatic N) is 2. The molecule has 0 bridgehead atoms. The molecule has 0 aliphatic heterocycles.